The van der Waals surface area contributed by atoms with Crippen LogP contribution in [0.2, 0.25) is 0 Å². The van der Waals surface area contributed by atoms with E-state index in [0.717, 1.165) is 11.1 Å². The first-order chi connectivity index (χ1) is 11.2. The molecule has 1 aliphatic rings. The minimum Gasteiger partial charge on any atom is -0.508 e. The second kappa shape index (κ2) is 6.31. The molecule has 1 atom stereocenters. The Morgan fingerprint density at radius 3 is 1.78 bits per heavy atom. The first-order valence-electron chi connectivity index (χ1n) is 7.73. The quantitative estimate of drug-likeness (QED) is 0.810. The fourth-order valence-electron chi connectivity index (χ4n) is 3.41. The molecule has 23 heavy (non-hydrogen) atoms. The van der Waals surface area contributed by atoms with Crippen molar-refractivity contribution in [2.24, 2.45) is 5.92 Å². The molecule has 2 aromatic carbocycles. The number of aromatic hydroxyl groups is 2. The summed E-state index contributed by atoms with van der Waals surface area (Å²) in [5.41, 5.74) is 1.65. The summed E-state index contributed by atoms with van der Waals surface area (Å²) in [6.45, 7) is 0.0980. The van der Waals surface area contributed by atoms with Crippen molar-refractivity contribution in [3.8, 4) is 11.5 Å². The molecule has 0 bridgehead atoms. The summed E-state index contributed by atoms with van der Waals surface area (Å²) in [6, 6.07) is 14.4. The van der Waals surface area contributed by atoms with Crippen LogP contribution in [0.15, 0.2) is 72.8 Å². The Morgan fingerprint density at radius 1 is 0.783 bits per heavy atom. The standard InChI is InChI=1S/C20H20O3/c21-14-12-15-3-1-2-13-20(15,16-4-8-18(22)9-5-16)17-6-10-19(23)11-7-17/h1-11,13,15,21-23H,12,14H2. The van der Waals surface area contributed by atoms with Gasteiger partial charge in [-0.1, -0.05) is 48.6 Å². The van der Waals surface area contributed by atoms with Gasteiger partial charge in [-0.15, -0.1) is 0 Å². The molecule has 3 heteroatoms. The van der Waals surface area contributed by atoms with E-state index >= 15 is 0 Å². The lowest BCUT2D eigenvalue weighted by molar-refractivity contribution is 0.251. The molecular weight excluding hydrogens is 288 g/mol. The van der Waals surface area contributed by atoms with Crippen molar-refractivity contribution in [2.75, 3.05) is 6.61 Å². The first kappa shape index (κ1) is 15.4. The van der Waals surface area contributed by atoms with Gasteiger partial charge < -0.3 is 15.3 Å². The summed E-state index contributed by atoms with van der Waals surface area (Å²) >= 11 is 0. The van der Waals surface area contributed by atoms with E-state index in [1.165, 1.54) is 0 Å². The Bertz CT molecular complexity index is 666. The van der Waals surface area contributed by atoms with E-state index in [2.05, 4.69) is 12.2 Å². The maximum Gasteiger partial charge on any atom is 0.115 e. The number of aliphatic hydroxyl groups excluding tert-OH is 1. The third kappa shape index (κ3) is 2.76. The molecule has 3 N–H and O–H groups in total. The van der Waals surface area contributed by atoms with E-state index in [4.69, 9.17) is 0 Å². The molecule has 0 saturated heterocycles. The molecule has 1 unspecified atom stereocenters. The Kier molecular flexibility index (Phi) is 4.22. The van der Waals surface area contributed by atoms with Gasteiger partial charge in [0.1, 0.15) is 11.5 Å². The zero-order valence-corrected chi connectivity index (χ0v) is 12.8. The second-order valence-corrected chi connectivity index (χ2v) is 5.83. The van der Waals surface area contributed by atoms with Crippen LogP contribution in [0.5, 0.6) is 11.5 Å². The molecule has 0 saturated carbocycles. The summed E-state index contributed by atoms with van der Waals surface area (Å²) < 4.78 is 0. The highest BCUT2D eigenvalue weighted by Crippen LogP contribution is 2.45. The van der Waals surface area contributed by atoms with Crippen LogP contribution in [0.25, 0.3) is 0 Å². The first-order valence-corrected chi connectivity index (χ1v) is 7.73. The van der Waals surface area contributed by atoms with Crippen LogP contribution in [0.3, 0.4) is 0 Å². The fourth-order valence-corrected chi connectivity index (χ4v) is 3.41. The van der Waals surface area contributed by atoms with Crippen molar-refractivity contribution in [2.45, 2.75) is 11.8 Å². The zero-order chi connectivity index (χ0) is 16.3. The Balaban J connectivity index is 2.20. The van der Waals surface area contributed by atoms with Crippen molar-refractivity contribution < 1.29 is 15.3 Å². The van der Waals surface area contributed by atoms with Crippen LogP contribution in [-0.4, -0.2) is 21.9 Å². The third-order valence-corrected chi connectivity index (χ3v) is 4.53. The number of hydrogen-bond acceptors (Lipinski definition) is 3. The molecule has 0 aromatic heterocycles. The molecule has 118 valence electrons. The van der Waals surface area contributed by atoms with E-state index in [0.29, 0.717) is 6.42 Å². The molecular formula is C20H20O3. The minimum absolute atomic E-state index is 0.0894. The Hall–Kier alpha value is -2.52. The summed E-state index contributed by atoms with van der Waals surface area (Å²) in [4.78, 5) is 0. The lowest BCUT2D eigenvalue weighted by atomic mass is 9.63. The number of rotatable bonds is 4. The van der Waals surface area contributed by atoms with Crippen LogP contribution in [0, 0.1) is 5.92 Å². The van der Waals surface area contributed by atoms with Crippen LogP contribution < -0.4 is 0 Å². The Labute approximate surface area is 135 Å². The lowest BCUT2D eigenvalue weighted by Crippen LogP contribution is -2.35. The predicted molar refractivity (Wildman–Crippen MR) is 90.5 cm³/mol. The number of allylic oxidation sites excluding steroid dienone is 4. The minimum atomic E-state index is -0.432. The average Bonchev–Trinajstić information content (AvgIpc) is 2.57. The summed E-state index contributed by atoms with van der Waals surface area (Å²) in [6.07, 6.45) is 8.87. The van der Waals surface area contributed by atoms with Crippen molar-refractivity contribution in [3.63, 3.8) is 0 Å². The molecule has 0 aliphatic heterocycles. The number of aliphatic hydroxyl groups is 1. The van der Waals surface area contributed by atoms with Crippen LogP contribution in [-0.2, 0) is 5.41 Å². The number of phenolic OH excluding ortho intramolecular Hbond substituents is 2. The molecule has 0 heterocycles. The van der Waals surface area contributed by atoms with Crippen molar-refractivity contribution in [3.05, 3.63) is 84.0 Å². The van der Waals surface area contributed by atoms with Gasteiger partial charge in [-0.25, -0.2) is 0 Å². The van der Waals surface area contributed by atoms with E-state index in [1.807, 2.05) is 36.4 Å². The number of benzene rings is 2. The molecule has 0 radical (unpaired) electrons. The van der Waals surface area contributed by atoms with Crippen molar-refractivity contribution in [1.29, 1.82) is 0 Å². The monoisotopic (exact) mass is 308 g/mol. The topological polar surface area (TPSA) is 60.7 Å². The molecule has 1 aliphatic carbocycles. The van der Waals surface area contributed by atoms with Crippen LogP contribution in [0.4, 0.5) is 0 Å². The van der Waals surface area contributed by atoms with E-state index in [9.17, 15) is 15.3 Å². The van der Waals surface area contributed by atoms with Crippen molar-refractivity contribution >= 4 is 0 Å². The number of phenols is 2. The highest BCUT2D eigenvalue weighted by atomic mass is 16.3. The second-order valence-electron chi connectivity index (χ2n) is 5.83. The molecule has 2 aromatic rings. The van der Waals surface area contributed by atoms with Crippen LogP contribution in [0.1, 0.15) is 17.5 Å². The average molecular weight is 308 g/mol. The van der Waals surface area contributed by atoms with Crippen molar-refractivity contribution in [1.82, 2.24) is 0 Å². The van der Waals surface area contributed by atoms with E-state index < -0.39 is 5.41 Å². The highest BCUT2D eigenvalue weighted by Gasteiger charge is 2.39. The molecule has 3 nitrogen and oxygen atoms in total. The summed E-state index contributed by atoms with van der Waals surface area (Å²) in [7, 11) is 0. The van der Waals surface area contributed by atoms with Gasteiger partial charge in [0.05, 0.1) is 0 Å². The normalized spacial score (nSPS) is 18.9. The smallest absolute Gasteiger partial charge is 0.115 e. The molecule has 0 fully saturated rings. The van der Waals surface area contributed by atoms with Gasteiger partial charge in [-0.05, 0) is 47.7 Å². The predicted octanol–water partition coefficient (Wildman–Crippen LogP) is 3.51. The fraction of sp³-hybridized carbons (Fsp3) is 0.200. The van der Waals surface area contributed by atoms with Gasteiger partial charge in [0.25, 0.3) is 0 Å². The zero-order valence-electron chi connectivity index (χ0n) is 12.8. The number of hydrogen-bond donors (Lipinski definition) is 3. The third-order valence-electron chi connectivity index (χ3n) is 4.53. The molecule has 3 rings (SSSR count). The van der Waals surface area contributed by atoms with Gasteiger partial charge >= 0.3 is 0 Å². The van der Waals surface area contributed by atoms with Gasteiger partial charge in [-0.2, -0.15) is 0 Å². The van der Waals surface area contributed by atoms with Crippen LogP contribution >= 0.6 is 0 Å². The van der Waals surface area contributed by atoms with Gasteiger partial charge in [0, 0.05) is 12.0 Å². The molecule has 0 amide bonds. The SMILES string of the molecule is OCCC1C=CC=CC1(c1ccc(O)cc1)c1ccc(O)cc1. The van der Waals surface area contributed by atoms with Gasteiger partial charge in [-0.3, -0.25) is 0 Å². The largest absolute Gasteiger partial charge is 0.508 e. The van der Waals surface area contributed by atoms with Gasteiger partial charge in [0.2, 0.25) is 0 Å². The van der Waals surface area contributed by atoms with E-state index in [1.54, 1.807) is 24.3 Å². The highest BCUT2D eigenvalue weighted by molar-refractivity contribution is 5.51. The molecule has 0 spiro atoms. The van der Waals surface area contributed by atoms with Gasteiger partial charge in [0.15, 0.2) is 0 Å². The summed E-state index contributed by atoms with van der Waals surface area (Å²) in [5.74, 6) is 0.541. The maximum atomic E-state index is 9.61. The Morgan fingerprint density at radius 2 is 1.30 bits per heavy atom. The van der Waals surface area contributed by atoms with E-state index in [-0.39, 0.29) is 24.0 Å². The lowest BCUT2D eigenvalue weighted by Gasteiger charge is -2.40. The maximum absolute atomic E-state index is 9.61. The summed E-state index contributed by atoms with van der Waals surface area (Å²) in [5, 5.41) is 28.7.